The highest BCUT2D eigenvalue weighted by atomic mass is 35.5. The van der Waals surface area contributed by atoms with E-state index in [1.807, 2.05) is 50.8 Å². The van der Waals surface area contributed by atoms with E-state index in [-0.39, 0.29) is 35.7 Å². The highest BCUT2D eigenvalue weighted by Crippen LogP contribution is 2.39. The number of aryl methyl sites for hydroxylation is 4. The van der Waals surface area contributed by atoms with E-state index >= 15 is 0 Å². The van der Waals surface area contributed by atoms with Crippen LogP contribution >= 0.6 is 23.2 Å². The molecule has 0 bridgehead atoms. The van der Waals surface area contributed by atoms with Gasteiger partial charge in [-0.05, 0) is 123 Å². The second kappa shape index (κ2) is 15.8. The average molecular weight is 740 g/mol. The lowest BCUT2D eigenvalue weighted by Gasteiger charge is -2.42. The second-order valence-corrected chi connectivity index (χ2v) is 15.7. The minimum absolute atomic E-state index is 0.0603. The number of hydrogen-bond donors (Lipinski definition) is 0. The highest BCUT2D eigenvalue weighted by Gasteiger charge is 2.37. The van der Waals surface area contributed by atoms with Crippen molar-refractivity contribution in [2.75, 3.05) is 53.4 Å². The SMILES string of the molecule is CC(=O)[C@H]1CN(C2c3ccc(Cl)cc3CCc3cccnc32)CCN1C.CC(=O)[C@H]1CN([C@@H]2c3ccc(Cl)cc3CCc3cccnc32)CCN1C. The molecule has 52 heavy (non-hydrogen) atoms. The molecule has 0 amide bonds. The van der Waals surface area contributed by atoms with Crippen molar-refractivity contribution in [3.63, 3.8) is 0 Å². The minimum atomic E-state index is -0.0603. The van der Waals surface area contributed by atoms with E-state index in [4.69, 9.17) is 33.2 Å². The van der Waals surface area contributed by atoms with Crippen LogP contribution in [0, 0.1) is 0 Å². The van der Waals surface area contributed by atoms with Crippen LogP contribution in [-0.4, -0.2) is 107 Å². The Morgan fingerprint density at radius 2 is 1.00 bits per heavy atom. The van der Waals surface area contributed by atoms with Crippen LogP contribution in [0.4, 0.5) is 0 Å². The van der Waals surface area contributed by atoms with Gasteiger partial charge in [-0.2, -0.15) is 0 Å². The van der Waals surface area contributed by atoms with Gasteiger partial charge in [-0.15, -0.1) is 0 Å². The molecule has 2 aromatic carbocycles. The number of ketones is 2. The molecule has 2 fully saturated rings. The molecule has 2 aliphatic carbocycles. The number of piperazine rings is 2. The fraction of sp³-hybridized carbons (Fsp3) is 0.429. The van der Waals surface area contributed by atoms with E-state index in [2.05, 4.69) is 56.0 Å². The lowest BCUT2D eigenvalue weighted by Crippen LogP contribution is -2.55. The van der Waals surface area contributed by atoms with E-state index in [0.717, 1.165) is 86.4 Å². The van der Waals surface area contributed by atoms with Gasteiger partial charge in [0.1, 0.15) is 11.6 Å². The first kappa shape index (κ1) is 36.8. The third kappa shape index (κ3) is 7.61. The molecule has 4 aromatic rings. The Balaban J connectivity index is 0.000000162. The average Bonchev–Trinajstić information content (AvgIpc) is 3.40. The fourth-order valence-electron chi connectivity index (χ4n) is 8.64. The number of rotatable bonds is 4. The molecule has 0 spiro atoms. The standard InChI is InChI=1S/2C21H24ClN3O/c2*1-14(26)19-13-25(11-10-24(19)2)21-18-8-7-17(22)12-16(18)6-5-15-4-3-9-23-20(15)21/h2*3-4,7-9,12,19,21H,5-6,10-11,13H2,1-2H3/t19-,21?;19-,21-/m11/s1. The Labute approximate surface area is 317 Å². The Morgan fingerprint density at radius 3 is 1.40 bits per heavy atom. The predicted octanol–water partition coefficient (Wildman–Crippen LogP) is 6.26. The first-order valence-electron chi connectivity index (χ1n) is 18.4. The van der Waals surface area contributed by atoms with Crippen LogP contribution in [0.3, 0.4) is 0 Å². The van der Waals surface area contributed by atoms with Crippen LogP contribution in [0.5, 0.6) is 0 Å². The van der Waals surface area contributed by atoms with Crippen LogP contribution < -0.4 is 0 Å². The predicted molar refractivity (Wildman–Crippen MR) is 207 cm³/mol. The van der Waals surface area contributed by atoms with Crippen LogP contribution in [0.2, 0.25) is 10.0 Å². The van der Waals surface area contributed by atoms with Crippen LogP contribution in [0.25, 0.3) is 0 Å². The van der Waals surface area contributed by atoms with Crippen LogP contribution in [0.15, 0.2) is 73.1 Å². The third-order valence-electron chi connectivity index (χ3n) is 11.5. The summed E-state index contributed by atoms with van der Waals surface area (Å²) < 4.78 is 0. The largest absolute Gasteiger partial charge is 0.298 e. The van der Waals surface area contributed by atoms with Crippen molar-refractivity contribution in [2.24, 2.45) is 0 Å². The Bertz CT molecular complexity index is 1810. The van der Waals surface area contributed by atoms with Gasteiger partial charge < -0.3 is 0 Å². The maximum Gasteiger partial charge on any atom is 0.148 e. The maximum absolute atomic E-state index is 12.1. The maximum atomic E-state index is 12.1. The van der Waals surface area contributed by atoms with Gasteiger partial charge in [0.2, 0.25) is 0 Å². The van der Waals surface area contributed by atoms with Gasteiger partial charge in [0.25, 0.3) is 0 Å². The van der Waals surface area contributed by atoms with Gasteiger partial charge in [-0.1, -0.05) is 47.5 Å². The number of halogens is 2. The van der Waals surface area contributed by atoms with E-state index in [1.54, 1.807) is 13.8 Å². The number of likely N-dealkylation sites (N-methyl/N-ethyl adjacent to an activating group) is 2. The lowest BCUT2D eigenvalue weighted by molar-refractivity contribution is -0.124. The zero-order valence-corrected chi connectivity index (χ0v) is 32.1. The zero-order chi connectivity index (χ0) is 36.5. The summed E-state index contributed by atoms with van der Waals surface area (Å²) in [4.78, 5) is 43.0. The molecule has 8 rings (SSSR count). The third-order valence-corrected chi connectivity index (χ3v) is 12.0. The van der Waals surface area contributed by atoms with E-state index in [1.165, 1.54) is 33.4 Å². The molecule has 1 unspecified atom stereocenters. The van der Waals surface area contributed by atoms with E-state index in [9.17, 15) is 9.59 Å². The number of nitrogens with zero attached hydrogens (tertiary/aromatic N) is 6. The second-order valence-electron chi connectivity index (χ2n) is 14.8. The molecule has 4 atom stereocenters. The van der Waals surface area contributed by atoms with Gasteiger partial charge in [0.15, 0.2) is 0 Å². The smallest absolute Gasteiger partial charge is 0.148 e. The summed E-state index contributed by atoms with van der Waals surface area (Å²) in [5, 5.41) is 1.56. The molecule has 2 aliphatic heterocycles. The van der Waals surface area contributed by atoms with Crippen molar-refractivity contribution in [1.29, 1.82) is 0 Å². The number of pyridine rings is 2. The van der Waals surface area contributed by atoms with Crippen molar-refractivity contribution < 1.29 is 9.59 Å². The van der Waals surface area contributed by atoms with Crippen molar-refractivity contribution in [2.45, 2.75) is 63.7 Å². The molecular formula is C42H48Cl2N6O2. The van der Waals surface area contributed by atoms with Gasteiger partial charge in [-0.3, -0.25) is 39.2 Å². The molecule has 4 aliphatic rings. The Morgan fingerprint density at radius 1 is 0.596 bits per heavy atom. The van der Waals surface area contributed by atoms with Crippen molar-refractivity contribution in [3.8, 4) is 0 Å². The molecule has 272 valence electrons. The summed E-state index contributed by atoms with van der Waals surface area (Å²) in [6.07, 6.45) is 7.63. The molecule has 0 saturated carbocycles. The number of aromatic nitrogens is 2. The molecule has 0 radical (unpaired) electrons. The molecule has 8 nitrogen and oxygen atoms in total. The first-order chi connectivity index (χ1) is 25.1. The van der Waals surface area contributed by atoms with Gasteiger partial charge in [0, 0.05) is 61.7 Å². The number of hydrogen-bond acceptors (Lipinski definition) is 8. The number of Topliss-reactive ketones (excluding diaryl/α,β-unsaturated/α-hetero) is 2. The van der Waals surface area contributed by atoms with Crippen molar-refractivity contribution >= 4 is 34.8 Å². The first-order valence-corrected chi connectivity index (χ1v) is 19.2. The number of carbonyl (C=O) groups excluding carboxylic acids is 2. The quantitative estimate of drug-likeness (QED) is 0.243. The Hall–Kier alpha value is -3.50. The summed E-state index contributed by atoms with van der Waals surface area (Å²) in [5.74, 6) is 0.451. The fourth-order valence-corrected chi connectivity index (χ4v) is 9.03. The molecule has 10 heteroatoms. The van der Waals surface area contributed by atoms with Gasteiger partial charge >= 0.3 is 0 Å². The zero-order valence-electron chi connectivity index (χ0n) is 30.6. The van der Waals surface area contributed by atoms with E-state index in [0.29, 0.717) is 0 Å². The Kier molecular flexibility index (Phi) is 11.2. The summed E-state index contributed by atoms with van der Waals surface area (Å²) in [7, 11) is 4.08. The summed E-state index contributed by atoms with van der Waals surface area (Å²) in [6.45, 7) is 8.45. The van der Waals surface area contributed by atoms with Crippen molar-refractivity contribution in [3.05, 3.63) is 128 Å². The summed E-state index contributed by atoms with van der Waals surface area (Å²) >= 11 is 12.6. The van der Waals surface area contributed by atoms with Crippen LogP contribution in [-0.2, 0) is 35.3 Å². The molecular weight excluding hydrogens is 691 g/mol. The van der Waals surface area contributed by atoms with Gasteiger partial charge in [-0.25, -0.2) is 0 Å². The van der Waals surface area contributed by atoms with Gasteiger partial charge in [0.05, 0.1) is 35.6 Å². The number of benzene rings is 2. The lowest BCUT2D eigenvalue weighted by atomic mass is 9.95. The normalized spacial score (nSPS) is 23.8. The monoisotopic (exact) mass is 738 g/mol. The number of carbonyl (C=O) groups is 2. The molecule has 2 aromatic heterocycles. The summed E-state index contributed by atoms with van der Waals surface area (Å²) in [6, 6.07) is 20.9. The topological polar surface area (TPSA) is 72.9 Å². The van der Waals surface area contributed by atoms with E-state index < -0.39 is 0 Å². The number of fused-ring (bicyclic) bond motifs is 4. The van der Waals surface area contributed by atoms with Crippen LogP contribution in [0.1, 0.15) is 70.7 Å². The van der Waals surface area contributed by atoms with Crippen molar-refractivity contribution in [1.82, 2.24) is 29.6 Å². The summed E-state index contributed by atoms with van der Waals surface area (Å²) in [5.41, 5.74) is 9.97. The molecule has 2 saturated heterocycles. The molecule has 4 heterocycles. The minimum Gasteiger partial charge on any atom is -0.298 e. The molecule has 0 N–H and O–H groups in total. The highest BCUT2D eigenvalue weighted by molar-refractivity contribution is 6.31.